The minimum Gasteiger partial charge on any atom is -0.494 e. The number of ether oxygens (including phenoxy) is 1. The number of amides is 2. The van der Waals surface area contributed by atoms with Crippen molar-refractivity contribution in [1.29, 1.82) is 0 Å². The van der Waals surface area contributed by atoms with Gasteiger partial charge in [-0.3, -0.25) is 9.59 Å². The summed E-state index contributed by atoms with van der Waals surface area (Å²) in [5.41, 5.74) is 1.84. The summed E-state index contributed by atoms with van der Waals surface area (Å²) in [5, 5.41) is 3.38. The largest absolute Gasteiger partial charge is 0.494 e. The predicted octanol–water partition coefficient (Wildman–Crippen LogP) is 4.57. The number of carbonyl (C=O) groups excluding carboxylic acids is 2. The molecule has 0 aliphatic heterocycles. The number of rotatable bonds is 7. The van der Waals surface area contributed by atoms with Gasteiger partial charge in [0.1, 0.15) is 5.75 Å². The molecule has 146 valence electrons. The van der Waals surface area contributed by atoms with Crippen LogP contribution in [0, 0.1) is 6.92 Å². The fourth-order valence-electron chi connectivity index (χ4n) is 2.71. The number of nitrogens with one attached hydrogen (secondary N) is 1. The van der Waals surface area contributed by atoms with Gasteiger partial charge in [-0.15, -0.1) is 11.3 Å². The standard InChI is InChI=1S/C21H22N2O4S/c1-4-26-16-9-7-15(8-10-16)13-23(3)21(25)19-14(2)12-18(28-19)22-20(24)17-6-5-11-27-17/h5-12H,4,13H2,1-3H3,(H,22,24). The van der Waals surface area contributed by atoms with Crippen LogP contribution in [0.25, 0.3) is 0 Å². The van der Waals surface area contributed by atoms with Gasteiger partial charge in [-0.2, -0.15) is 0 Å². The highest BCUT2D eigenvalue weighted by atomic mass is 32.1. The number of benzene rings is 1. The van der Waals surface area contributed by atoms with Gasteiger partial charge in [0.25, 0.3) is 11.8 Å². The van der Waals surface area contributed by atoms with Crippen molar-refractivity contribution < 1.29 is 18.7 Å². The number of nitrogens with zero attached hydrogens (tertiary/aromatic N) is 1. The fraction of sp³-hybridized carbons (Fsp3) is 0.238. The minimum absolute atomic E-state index is 0.0881. The van der Waals surface area contributed by atoms with E-state index in [0.717, 1.165) is 16.9 Å². The zero-order valence-electron chi connectivity index (χ0n) is 16.0. The Kier molecular flexibility index (Phi) is 6.16. The van der Waals surface area contributed by atoms with Crippen molar-refractivity contribution >= 4 is 28.2 Å². The Morgan fingerprint density at radius 1 is 1.21 bits per heavy atom. The van der Waals surface area contributed by atoms with Crippen molar-refractivity contribution in [2.45, 2.75) is 20.4 Å². The maximum absolute atomic E-state index is 12.8. The molecule has 1 N–H and O–H groups in total. The zero-order valence-corrected chi connectivity index (χ0v) is 16.8. The van der Waals surface area contributed by atoms with Crippen molar-refractivity contribution in [3.63, 3.8) is 0 Å². The Labute approximate surface area is 167 Å². The molecular weight excluding hydrogens is 376 g/mol. The summed E-state index contributed by atoms with van der Waals surface area (Å²) in [6, 6.07) is 12.7. The molecular formula is C21H22N2O4S. The van der Waals surface area contributed by atoms with Gasteiger partial charge >= 0.3 is 0 Å². The quantitative estimate of drug-likeness (QED) is 0.633. The number of hydrogen-bond acceptors (Lipinski definition) is 5. The third-order valence-corrected chi connectivity index (χ3v) is 5.24. The lowest BCUT2D eigenvalue weighted by molar-refractivity contribution is 0.0789. The molecule has 0 bridgehead atoms. The Morgan fingerprint density at radius 3 is 2.61 bits per heavy atom. The van der Waals surface area contributed by atoms with Crippen LogP contribution in [-0.2, 0) is 6.54 Å². The second-order valence-electron chi connectivity index (χ2n) is 6.29. The second kappa shape index (κ2) is 8.75. The maximum atomic E-state index is 12.8. The maximum Gasteiger partial charge on any atom is 0.291 e. The van der Waals surface area contributed by atoms with E-state index >= 15 is 0 Å². The number of hydrogen-bond donors (Lipinski definition) is 1. The van der Waals surface area contributed by atoms with Gasteiger partial charge in [0, 0.05) is 13.6 Å². The van der Waals surface area contributed by atoms with Crippen LogP contribution in [0.5, 0.6) is 5.75 Å². The van der Waals surface area contributed by atoms with Gasteiger partial charge in [0.15, 0.2) is 5.76 Å². The van der Waals surface area contributed by atoms with Crippen LogP contribution >= 0.6 is 11.3 Å². The van der Waals surface area contributed by atoms with Crippen LogP contribution in [0.2, 0.25) is 0 Å². The number of aryl methyl sites for hydroxylation is 1. The van der Waals surface area contributed by atoms with Crippen LogP contribution in [0.4, 0.5) is 5.00 Å². The SMILES string of the molecule is CCOc1ccc(CN(C)C(=O)c2sc(NC(=O)c3ccco3)cc2C)cc1. The molecule has 0 aliphatic rings. The Balaban J connectivity index is 1.66. The molecule has 2 heterocycles. The lowest BCUT2D eigenvalue weighted by Gasteiger charge is -2.17. The average Bonchev–Trinajstić information content (AvgIpc) is 3.33. The molecule has 0 saturated heterocycles. The Morgan fingerprint density at radius 2 is 1.96 bits per heavy atom. The highest BCUT2D eigenvalue weighted by Gasteiger charge is 2.19. The summed E-state index contributed by atoms with van der Waals surface area (Å²) in [4.78, 5) is 27.2. The van der Waals surface area contributed by atoms with Crippen LogP contribution in [-0.4, -0.2) is 30.4 Å². The van der Waals surface area contributed by atoms with Gasteiger partial charge in [-0.25, -0.2) is 0 Å². The van der Waals surface area contributed by atoms with Crippen LogP contribution in [0.3, 0.4) is 0 Å². The molecule has 3 rings (SSSR count). The smallest absolute Gasteiger partial charge is 0.291 e. The molecule has 0 fully saturated rings. The first-order valence-electron chi connectivity index (χ1n) is 8.90. The normalized spacial score (nSPS) is 10.5. The summed E-state index contributed by atoms with van der Waals surface area (Å²) in [7, 11) is 1.76. The minimum atomic E-state index is -0.340. The third-order valence-electron chi connectivity index (χ3n) is 4.09. The average molecular weight is 398 g/mol. The lowest BCUT2D eigenvalue weighted by Crippen LogP contribution is -2.25. The zero-order chi connectivity index (χ0) is 20.1. The molecule has 2 aromatic heterocycles. The molecule has 0 atom stereocenters. The molecule has 3 aromatic rings. The van der Waals surface area contributed by atoms with Crippen LogP contribution in [0.1, 0.15) is 38.3 Å². The summed E-state index contributed by atoms with van der Waals surface area (Å²) in [6.07, 6.45) is 1.44. The summed E-state index contributed by atoms with van der Waals surface area (Å²) >= 11 is 1.26. The van der Waals surface area contributed by atoms with Crippen molar-refractivity contribution in [3.8, 4) is 5.75 Å². The fourth-order valence-corrected chi connectivity index (χ4v) is 3.78. The van der Waals surface area contributed by atoms with E-state index in [4.69, 9.17) is 9.15 Å². The second-order valence-corrected chi connectivity index (χ2v) is 7.34. The summed E-state index contributed by atoms with van der Waals surface area (Å²) in [5.74, 6) is 0.612. The van der Waals surface area contributed by atoms with E-state index in [1.54, 1.807) is 30.1 Å². The van der Waals surface area contributed by atoms with E-state index < -0.39 is 0 Å². The molecule has 0 saturated carbocycles. The molecule has 0 aliphatic carbocycles. The van der Waals surface area contributed by atoms with Gasteiger partial charge in [0.05, 0.1) is 22.7 Å². The van der Waals surface area contributed by atoms with E-state index in [1.165, 1.54) is 17.6 Å². The lowest BCUT2D eigenvalue weighted by atomic mass is 10.2. The van der Waals surface area contributed by atoms with Gasteiger partial charge in [-0.05, 0) is 55.3 Å². The van der Waals surface area contributed by atoms with E-state index in [1.807, 2.05) is 38.1 Å². The molecule has 0 spiro atoms. The van der Waals surface area contributed by atoms with Crippen LogP contribution in [0.15, 0.2) is 53.1 Å². The van der Waals surface area contributed by atoms with E-state index in [-0.39, 0.29) is 17.6 Å². The van der Waals surface area contributed by atoms with Crippen molar-refractivity contribution in [2.75, 3.05) is 19.0 Å². The first kappa shape index (κ1) is 19.7. The number of furan rings is 1. The third kappa shape index (κ3) is 4.61. The predicted molar refractivity (Wildman–Crippen MR) is 109 cm³/mol. The van der Waals surface area contributed by atoms with Gasteiger partial charge in [-0.1, -0.05) is 12.1 Å². The summed E-state index contributed by atoms with van der Waals surface area (Å²) in [6.45, 7) is 4.90. The Bertz CT molecular complexity index is 945. The highest BCUT2D eigenvalue weighted by molar-refractivity contribution is 7.18. The molecule has 2 amide bonds. The van der Waals surface area contributed by atoms with Crippen LogP contribution < -0.4 is 10.1 Å². The topological polar surface area (TPSA) is 71.8 Å². The molecule has 1 aromatic carbocycles. The molecule has 7 heteroatoms. The highest BCUT2D eigenvalue weighted by Crippen LogP contribution is 2.28. The van der Waals surface area contributed by atoms with Crippen molar-refractivity contribution in [3.05, 3.63) is 70.5 Å². The van der Waals surface area contributed by atoms with Gasteiger partial charge in [0.2, 0.25) is 0 Å². The van der Waals surface area contributed by atoms with E-state index in [9.17, 15) is 9.59 Å². The van der Waals surface area contributed by atoms with Crippen molar-refractivity contribution in [2.24, 2.45) is 0 Å². The summed E-state index contributed by atoms with van der Waals surface area (Å²) < 4.78 is 10.5. The van der Waals surface area contributed by atoms with E-state index in [2.05, 4.69) is 5.32 Å². The van der Waals surface area contributed by atoms with Gasteiger partial charge < -0.3 is 19.4 Å². The molecule has 6 nitrogen and oxygen atoms in total. The van der Waals surface area contributed by atoms with Crippen molar-refractivity contribution in [1.82, 2.24) is 4.90 Å². The molecule has 28 heavy (non-hydrogen) atoms. The van der Waals surface area contributed by atoms with E-state index in [0.29, 0.717) is 23.0 Å². The number of thiophene rings is 1. The monoisotopic (exact) mass is 398 g/mol. The molecule has 0 radical (unpaired) electrons. The first-order chi connectivity index (χ1) is 13.5. The first-order valence-corrected chi connectivity index (χ1v) is 9.72. The Hall–Kier alpha value is -3.06. The molecule has 0 unspecified atom stereocenters. The number of anilines is 1. The number of carbonyl (C=O) groups is 2.